The first-order chi connectivity index (χ1) is 9.20. The lowest BCUT2D eigenvalue weighted by Crippen LogP contribution is -2.46. The number of nitrogens with one attached hydrogen (secondary N) is 2. The molecule has 1 amide bonds. The zero-order valence-electron chi connectivity index (χ0n) is 11.7. The van der Waals surface area contributed by atoms with Crippen LogP contribution in [0.15, 0.2) is 24.3 Å². The fourth-order valence-electron chi connectivity index (χ4n) is 2.86. The Kier molecular flexibility index (Phi) is 4.43. The minimum Gasteiger partial charge on any atom is -0.497 e. The van der Waals surface area contributed by atoms with Crippen LogP contribution in [0.25, 0.3) is 0 Å². The standard InChI is InChI=1S/C15H22N2O2/c1-16-11-14(18)17-15(8-3-4-9-15)12-6-5-7-13(10-12)19-2/h5-7,10,16H,3-4,8-9,11H2,1-2H3,(H,17,18). The Balaban J connectivity index is 2.25. The highest BCUT2D eigenvalue weighted by Crippen LogP contribution is 2.39. The molecule has 2 N–H and O–H groups in total. The average Bonchev–Trinajstić information content (AvgIpc) is 2.89. The van der Waals surface area contributed by atoms with Gasteiger partial charge in [-0.05, 0) is 37.6 Å². The van der Waals surface area contributed by atoms with Crippen LogP contribution < -0.4 is 15.4 Å². The molecule has 4 nitrogen and oxygen atoms in total. The summed E-state index contributed by atoms with van der Waals surface area (Å²) in [4.78, 5) is 11.9. The van der Waals surface area contributed by atoms with Crippen LogP contribution in [0, 0.1) is 0 Å². The van der Waals surface area contributed by atoms with Gasteiger partial charge in [-0.1, -0.05) is 25.0 Å². The highest BCUT2D eigenvalue weighted by atomic mass is 16.5. The predicted molar refractivity (Wildman–Crippen MR) is 75.2 cm³/mol. The molecule has 0 aromatic heterocycles. The molecule has 0 unspecified atom stereocenters. The summed E-state index contributed by atoms with van der Waals surface area (Å²) in [5.41, 5.74) is 0.927. The second-order valence-corrected chi connectivity index (χ2v) is 5.10. The number of methoxy groups -OCH3 is 1. The molecule has 0 saturated heterocycles. The fraction of sp³-hybridized carbons (Fsp3) is 0.533. The van der Waals surface area contributed by atoms with E-state index >= 15 is 0 Å². The molecule has 4 heteroatoms. The first-order valence-electron chi connectivity index (χ1n) is 6.80. The Morgan fingerprint density at radius 1 is 1.37 bits per heavy atom. The summed E-state index contributed by atoms with van der Waals surface area (Å²) in [7, 11) is 3.45. The van der Waals surface area contributed by atoms with Gasteiger partial charge in [-0.3, -0.25) is 4.79 Å². The Morgan fingerprint density at radius 3 is 2.74 bits per heavy atom. The maximum absolute atomic E-state index is 11.9. The smallest absolute Gasteiger partial charge is 0.234 e. The molecule has 0 spiro atoms. The third-order valence-electron chi connectivity index (χ3n) is 3.80. The second kappa shape index (κ2) is 6.06. The summed E-state index contributed by atoms with van der Waals surface area (Å²) in [6, 6.07) is 8.03. The van der Waals surface area contributed by atoms with Crippen LogP contribution in [0.1, 0.15) is 31.2 Å². The van der Waals surface area contributed by atoms with Crippen molar-refractivity contribution in [2.75, 3.05) is 20.7 Å². The second-order valence-electron chi connectivity index (χ2n) is 5.10. The summed E-state index contributed by atoms with van der Waals surface area (Å²) in [6.07, 6.45) is 4.29. The van der Waals surface area contributed by atoms with Gasteiger partial charge in [0.1, 0.15) is 5.75 Å². The highest BCUT2D eigenvalue weighted by Gasteiger charge is 2.36. The molecule has 0 radical (unpaired) electrons. The van der Waals surface area contributed by atoms with Crippen molar-refractivity contribution in [2.45, 2.75) is 31.2 Å². The van der Waals surface area contributed by atoms with E-state index in [0.29, 0.717) is 6.54 Å². The SMILES string of the molecule is CNCC(=O)NC1(c2cccc(OC)c2)CCCC1. The number of carbonyl (C=O) groups is 1. The van der Waals surface area contributed by atoms with Crippen LogP contribution in [0.4, 0.5) is 0 Å². The topological polar surface area (TPSA) is 50.4 Å². The van der Waals surface area contributed by atoms with E-state index in [9.17, 15) is 4.79 Å². The van der Waals surface area contributed by atoms with Crippen molar-refractivity contribution in [3.8, 4) is 5.75 Å². The maximum atomic E-state index is 11.9. The zero-order chi connectivity index (χ0) is 13.7. The number of ether oxygens (including phenoxy) is 1. The summed E-state index contributed by atoms with van der Waals surface area (Å²) in [5.74, 6) is 0.888. The number of amides is 1. The zero-order valence-corrected chi connectivity index (χ0v) is 11.7. The third-order valence-corrected chi connectivity index (χ3v) is 3.80. The number of likely N-dealkylation sites (N-methyl/N-ethyl adjacent to an activating group) is 1. The number of carbonyl (C=O) groups excluding carboxylic acids is 1. The molecule has 1 aromatic carbocycles. The minimum absolute atomic E-state index is 0.0484. The van der Waals surface area contributed by atoms with Gasteiger partial charge in [0.2, 0.25) is 5.91 Å². The molecule has 0 aliphatic heterocycles. The average molecular weight is 262 g/mol. The van der Waals surface area contributed by atoms with E-state index < -0.39 is 0 Å². The van der Waals surface area contributed by atoms with E-state index in [1.54, 1.807) is 14.2 Å². The summed E-state index contributed by atoms with van der Waals surface area (Å²) < 4.78 is 5.29. The molecule has 104 valence electrons. The van der Waals surface area contributed by atoms with Crippen LogP contribution in [-0.2, 0) is 10.3 Å². The lowest BCUT2D eigenvalue weighted by atomic mass is 9.88. The van der Waals surface area contributed by atoms with E-state index in [4.69, 9.17) is 4.74 Å². The van der Waals surface area contributed by atoms with Gasteiger partial charge >= 0.3 is 0 Å². The normalized spacial score (nSPS) is 17.2. The summed E-state index contributed by atoms with van der Waals surface area (Å²) >= 11 is 0. The van der Waals surface area contributed by atoms with Gasteiger partial charge in [0.25, 0.3) is 0 Å². The molecule has 1 fully saturated rings. The van der Waals surface area contributed by atoms with Gasteiger partial charge < -0.3 is 15.4 Å². The third kappa shape index (κ3) is 3.07. The van der Waals surface area contributed by atoms with Gasteiger partial charge in [-0.25, -0.2) is 0 Å². The largest absolute Gasteiger partial charge is 0.497 e. The monoisotopic (exact) mass is 262 g/mol. The van der Waals surface area contributed by atoms with Gasteiger partial charge in [-0.2, -0.15) is 0 Å². The van der Waals surface area contributed by atoms with Gasteiger partial charge in [-0.15, -0.1) is 0 Å². The molecule has 19 heavy (non-hydrogen) atoms. The Hall–Kier alpha value is -1.55. The number of benzene rings is 1. The number of hydrogen-bond acceptors (Lipinski definition) is 3. The molecule has 1 aliphatic rings. The maximum Gasteiger partial charge on any atom is 0.234 e. The van der Waals surface area contributed by atoms with Crippen molar-refractivity contribution in [2.24, 2.45) is 0 Å². The Labute approximate surface area is 114 Å². The Bertz CT molecular complexity index is 440. The van der Waals surface area contributed by atoms with Gasteiger partial charge in [0, 0.05) is 0 Å². The number of rotatable bonds is 5. The highest BCUT2D eigenvalue weighted by molar-refractivity contribution is 5.79. The summed E-state index contributed by atoms with van der Waals surface area (Å²) in [6.45, 7) is 0.353. The predicted octanol–water partition coefficient (Wildman–Crippen LogP) is 1.80. The van der Waals surface area contributed by atoms with Crippen LogP contribution >= 0.6 is 0 Å². The number of hydrogen-bond donors (Lipinski definition) is 2. The van der Waals surface area contributed by atoms with E-state index in [1.807, 2.05) is 18.2 Å². The lowest BCUT2D eigenvalue weighted by molar-refractivity contribution is -0.122. The van der Waals surface area contributed by atoms with Gasteiger partial charge in [0.05, 0.1) is 19.2 Å². The van der Waals surface area contributed by atoms with Crippen molar-refractivity contribution >= 4 is 5.91 Å². The molecule has 1 aromatic rings. The minimum atomic E-state index is -0.220. The van der Waals surface area contributed by atoms with Crippen LogP contribution in [0.3, 0.4) is 0 Å². The Morgan fingerprint density at radius 2 is 2.11 bits per heavy atom. The van der Waals surface area contributed by atoms with Crippen LogP contribution in [0.2, 0.25) is 0 Å². The van der Waals surface area contributed by atoms with Gasteiger partial charge in [0.15, 0.2) is 0 Å². The van der Waals surface area contributed by atoms with E-state index in [2.05, 4.69) is 16.7 Å². The molecule has 0 bridgehead atoms. The van der Waals surface area contributed by atoms with E-state index in [-0.39, 0.29) is 11.4 Å². The van der Waals surface area contributed by atoms with Crippen LogP contribution in [-0.4, -0.2) is 26.6 Å². The van der Waals surface area contributed by atoms with Crippen LogP contribution in [0.5, 0.6) is 5.75 Å². The molecule has 0 atom stereocenters. The van der Waals surface area contributed by atoms with E-state index in [1.165, 1.54) is 0 Å². The molecule has 1 saturated carbocycles. The van der Waals surface area contributed by atoms with Crippen molar-refractivity contribution in [3.63, 3.8) is 0 Å². The molecular formula is C15H22N2O2. The summed E-state index contributed by atoms with van der Waals surface area (Å²) in [5, 5.41) is 6.10. The van der Waals surface area contributed by atoms with Crippen molar-refractivity contribution < 1.29 is 9.53 Å². The first kappa shape index (κ1) is 13.9. The van der Waals surface area contributed by atoms with Crippen molar-refractivity contribution in [1.29, 1.82) is 0 Å². The lowest BCUT2D eigenvalue weighted by Gasteiger charge is -2.31. The van der Waals surface area contributed by atoms with Crippen molar-refractivity contribution in [3.05, 3.63) is 29.8 Å². The molecular weight excluding hydrogens is 240 g/mol. The van der Waals surface area contributed by atoms with Crippen molar-refractivity contribution in [1.82, 2.24) is 10.6 Å². The fourth-order valence-corrected chi connectivity index (χ4v) is 2.86. The first-order valence-corrected chi connectivity index (χ1v) is 6.80. The molecule has 0 heterocycles. The van der Waals surface area contributed by atoms with E-state index in [0.717, 1.165) is 37.0 Å². The quantitative estimate of drug-likeness (QED) is 0.850. The molecule has 2 rings (SSSR count). The molecule has 1 aliphatic carbocycles.